The van der Waals surface area contributed by atoms with Gasteiger partial charge in [-0.3, -0.25) is 0 Å². The molecule has 1 aromatic rings. The van der Waals surface area contributed by atoms with E-state index in [4.69, 9.17) is 6.42 Å². The van der Waals surface area contributed by atoms with Gasteiger partial charge in [-0.15, -0.1) is 6.42 Å². The van der Waals surface area contributed by atoms with Crippen molar-refractivity contribution in [2.24, 2.45) is 0 Å². The molecule has 1 saturated carbocycles. The molecule has 0 heterocycles. The summed E-state index contributed by atoms with van der Waals surface area (Å²) in [5.41, 5.74) is 0.761. The summed E-state index contributed by atoms with van der Waals surface area (Å²) in [6.07, 6.45) is 7.36. The van der Waals surface area contributed by atoms with Gasteiger partial charge in [0.2, 0.25) is 0 Å². The average Bonchev–Trinajstić information content (AvgIpc) is 2.90. The van der Waals surface area contributed by atoms with E-state index in [1.165, 1.54) is 6.07 Å². The third kappa shape index (κ3) is 1.38. The Kier molecular flexibility index (Phi) is 1.92. The van der Waals surface area contributed by atoms with Crippen LogP contribution < -0.4 is 0 Å². The van der Waals surface area contributed by atoms with Crippen molar-refractivity contribution in [3.8, 4) is 12.3 Å². The summed E-state index contributed by atoms with van der Waals surface area (Å²) in [6, 6.07) is 5.12. The smallest absolute Gasteiger partial charge is 0.137 e. The molecule has 0 aliphatic heterocycles. The maximum atomic E-state index is 13.2. The van der Waals surface area contributed by atoms with E-state index in [0.717, 1.165) is 18.4 Å². The van der Waals surface area contributed by atoms with Gasteiger partial charge in [0.05, 0.1) is 9.89 Å². The van der Waals surface area contributed by atoms with Crippen LogP contribution in [0.5, 0.6) is 0 Å². The Bertz CT molecular complexity index is 386. The molecule has 0 radical (unpaired) electrons. The Morgan fingerprint density at radius 3 is 2.62 bits per heavy atom. The van der Waals surface area contributed by atoms with Crippen LogP contribution in [0.4, 0.5) is 4.39 Å². The first kappa shape index (κ1) is 8.77. The molecule has 0 amide bonds. The first-order chi connectivity index (χ1) is 6.18. The highest BCUT2D eigenvalue weighted by molar-refractivity contribution is 9.10. The SMILES string of the molecule is C#CC1(c2ccc(Br)c(F)c2)CC1. The molecule has 0 nitrogen and oxygen atoms in total. The summed E-state index contributed by atoms with van der Waals surface area (Å²) in [5, 5.41) is 0. The second-order valence-electron chi connectivity index (χ2n) is 3.36. The number of hydrogen-bond donors (Lipinski definition) is 0. The molecule has 1 aromatic carbocycles. The highest BCUT2D eigenvalue weighted by Crippen LogP contribution is 2.47. The molecular weight excluding hydrogens is 231 g/mol. The first-order valence-electron chi connectivity index (χ1n) is 4.11. The zero-order valence-electron chi connectivity index (χ0n) is 6.98. The monoisotopic (exact) mass is 238 g/mol. The van der Waals surface area contributed by atoms with Crippen molar-refractivity contribution in [1.29, 1.82) is 0 Å². The standard InChI is InChI=1S/C11H8BrF/c1-2-11(5-6-11)8-3-4-9(12)10(13)7-8/h1,3-4,7H,5-6H2. The lowest BCUT2D eigenvalue weighted by atomic mass is 9.97. The molecule has 13 heavy (non-hydrogen) atoms. The van der Waals surface area contributed by atoms with E-state index < -0.39 is 0 Å². The normalized spacial score (nSPS) is 17.9. The maximum absolute atomic E-state index is 13.2. The quantitative estimate of drug-likeness (QED) is 0.660. The van der Waals surface area contributed by atoms with Gasteiger partial charge in [0.1, 0.15) is 5.82 Å². The molecule has 1 fully saturated rings. The molecule has 2 heteroatoms. The minimum Gasteiger partial charge on any atom is -0.206 e. The Morgan fingerprint density at radius 2 is 2.15 bits per heavy atom. The predicted molar refractivity (Wildman–Crippen MR) is 53.8 cm³/mol. The zero-order valence-corrected chi connectivity index (χ0v) is 8.57. The largest absolute Gasteiger partial charge is 0.206 e. The zero-order chi connectivity index (χ0) is 9.47. The number of halogens is 2. The maximum Gasteiger partial charge on any atom is 0.137 e. The van der Waals surface area contributed by atoms with Gasteiger partial charge in [-0.25, -0.2) is 4.39 Å². The van der Waals surface area contributed by atoms with Gasteiger partial charge in [-0.1, -0.05) is 12.0 Å². The van der Waals surface area contributed by atoms with Crippen LogP contribution in [-0.2, 0) is 5.41 Å². The fourth-order valence-corrected chi connectivity index (χ4v) is 1.68. The van der Waals surface area contributed by atoms with E-state index in [0.29, 0.717) is 4.47 Å². The summed E-state index contributed by atoms with van der Waals surface area (Å²) in [6.45, 7) is 0. The summed E-state index contributed by atoms with van der Waals surface area (Å²) >= 11 is 3.11. The van der Waals surface area contributed by atoms with Crippen molar-refractivity contribution in [2.45, 2.75) is 18.3 Å². The Hall–Kier alpha value is -0.810. The van der Waals surface area contributed by atoms with Crippen LogP contribution in [0.3, 0.4) is 0 Å². The van der Waals surface area contributed by atoms with Crippen molar-refractivity contribution >= 4 is 15.9 Å². The van der Waals surface area contributed by atoms with E-state index in [9.17, 15) is 4.39 Å². The van der Waals surface area contributed by atoms with Gasteiger partial charge in [-0.05, 0) is 46.5 Å². The molecule has 0 saturated heterocycles. The second kappa shape index (κ2) is 2.85. The van der Waals surface area contributed by atoms with Crippen LogP contribution in [0.1, 0.15) is 18.4 Å². The highest BCUT2D eigenvalue weighted by Gasteiger charge is 2.42. The van der Waals surface area contributed by atoms with Crippen LogP contribution in [-0.4, -0.2) is 0 Å². The van der Waals surface area contributed by atoms with E-state index >= 15 is 0 Å². The van der Waals surface area contributed by atoms with Crippen LogP contribution in [0.2, 0.25) is 0 Å². The lowest BCUT2D eigenvalue weighted by Crippen LogP contribution is -2.02. The van der Waals surface area contributed by atoms with Crippen molar-refractivity contribution in [3.63, 3.8) is 0 Å². The molecule has 0 spiro atoms. The minimum absolute atomic E-state index is 0.165. The van der Waals surface area contributed by atoms with Crippen molar-refractivity contribution < 1.29 is 4.39 Å². The first-order valence-corrected chi connectivity index (χ1v) is 4.90. The molecule has 0 aromatic heterocycles. The minimum atomic E-state index is -0.237. The van der Waals surface area contributed by atoms with Crippen LogP contribution in [0, 0.1) is 18.2 Å². The Labute approximate surface area is 85.3 Å². The number of benzene rings is 1. The van der Waals surface area contributed by atoms with Crippen molar-refractivity contribution in [2.75, 3.05) is 0 Å². The number of terminal acetylenes is 1. The molecule has 0 unspecified atom stereocenters. The molecule has 0 N–H and O–H groups in total. The fourth-order valence-electron chi connectivity index (χ4n) is 1.44. The number of hydrogen-bond acceptors (Lipinski definition) is 0. The Balaban J connectivity index is 2.44. The van der Waals surface area contributed by atoms with Crippen LogP contribution in [0.25, 0.3) is 0 Å². The summed E-state index contributed by atoms with van der Waals surface area (Å²) < 4.78 is 13.6. The molecule has 0 bridgehead atoms. The van der Waals surface area contributed by atoms with Crippen molar-refractivity contribution in [1.82, 2.24) is 0 Å². The van der Waals surface area contributed by atoms with Gasteiger partial charge in [0.25, 0.3) is 0 Å². The van der Waals surface area contributed by atoms with Gasteiger partial charge in [0, 0.05) is 0 Å². The fraction of sp³-hybridized carbons (Fsp3) is 0.273. The third-order valence-electron chi connectivity index (χ3n) is 2.50. The summed E-state index contributed by atoms with van der Waals surface area (Å²) in [4.78, 5) is 0. The van der Waals surface area contributed by atoms with Crippen LogP contribution in [0.15, 0.2) is 22.7 Å². The molecule has 1 aliphatic rings. The molecule has 0 atom stereocenters. The van der Waals surface area contributed by atoms with Crippen molar-refractivity contribution in [3.05, 3.63) is 34.1 Å². The molecule has 1 aliphatic carbocycles. The van der Waals surface area contributed by atoms with Gasteiger partial charge >= 0.3 is 0 Å². The third-order valence-corrected chi connectivity index (χ3v) is 3.14. The van der Waals surface area contributed by atoms with Gasteiger partial charge in [0.15, 0.2) is 0 Å². The van der Waals surface area contributed by atoms with E-state index in [1.54, 1.807) is 6.07 Å². The molecule has 66 valence electrons. The lowest BCUT2D eigenvalue weighted by Gasteiger charge is -2.07. The second-order valence-corrected chi connectivity index (χ2v) is 4.21. The Morgan fingerprint density at radius 1 is 1.46 bits per heavy atom. The molecular formula is C11H8BrF. The molecule has 2 rings (SSSR count). The van der Waals surface area contributed by atoms with E-state index in [1.807, 2.05) is 6.07 Å². The topological polar surface area (TPSA) is 0 Å². The highest BCUT2D eigenvalue weighted by atomic mass is 79.9. The number of rotatable bonds is 1. The van der Waals surface area contributed by atoms with E-state index in [-0.39, 0.29) is 11.2 Å². The summed E-state index contributed by atoms with van der Waals surface area (Å²) in [5.74, 6) is 2.50. The average molecular weight is 239 g/mol. The van der Waals surface area contributed by atoms with E-state index in [2.05, 4.69) is 21.9 Å². The predicted octanol–water partition coefficient (Wildman–Crippen LogP) is 3.25. The summed E-state index contributed by atoms with van der Waals surface area (Å²) in [7, 11) is 0. The van der Waals surface area contributed by atoms with Crippen LogP contribution >= 0.6 is 15.9 Å². The lowest BCUT2D eigenvalue weighted by molar-refractivity contribution is 0.617. The van der Waals surface area contributed by atoms with Gasteiger partial charge in [-0.2, -0.15) is 0 Å². The van der Waals surface area contributed by atoms with Gasteiger partial charge < -0.3 is 0 Å².